The molecule has 1 amide bonds. The van der Waals surface area contributed by atoms with E-state index >= 15 is 0 Å². The molecule has 5 heterocycles. The molecule has 1 aliphatic rings. The number of carbonyl (C=O) groups excluding carboxylic acids is 1. The van der Waals surface area contributed by atoms with Gasteiger partial charge < -0.3 is 9.47 Å². The van der Waals surface area contributed by atoms with Crippen molar-refractivity contribution in [3.8, 4) is 22.9 Å². The van der Waals surface area contributed by atoms with E-state index in [1.165, 1.54) is 29.3 Å². The summed E-state index contributed by atoms with van der Waals surface area (Å²) < 4.78 is 13.8. The largest absolute Gasteiger partial charge is 0.486 e. The first-order valence-electron chi connectivity index (χ1n) is 10.1. The summed E-state index contributed by atoms with van der Waals surface area (Å²) in [6, 6.07) is 10.2. The van der Waals surface area contributed by atoms with Crippen molar-refractivity contribution >= 4 is 22.6 Å². The summed E-state index contributed by atoms with van der Waals surface area (Å²) in [6.45, 7) is 0.987. The van der Waals surface area contributed by atoms with Crippen molar-refractivity contribution in [2.24, 2.45) is 0 Å². The summed E-state index contributed by atoms with van der Waals surface area (Å²) in [5.41, 5.74) is 3.74. The number of benzene rings is 1. The van der Waals surface area contributed by atoms with E-state index in [4.69, 9.17) is 9.47 Å². The molecule has 11 heteroatoms. The van der Waals surface area contributed by atoms with Crippen molar-refractivity contribution in [2.45, 2.75) is 0 Å². The lowest BCUT2D eigenvalue weighted by Crippen LogP contribution is -2.33. The fourth-order valence-corrected chi connectivity index (χ4v) is 3.59. The molecule has 1 N–H and O–H groups in total. The van der Waals surface area contributed by atoms with Crippen molar-refractivity contribution in [3.05, 3.63) is 77.1 Å². The summed E-state index contributed by atoms with van der Waals surface area (Å²) in [4.78, 5) is 38.0. The highest BCUT2D eigenvalue weighted by Gasteiger charge is 2.17. The Bertz CT molecular complexity index is 1590. The Morgan fingerprint density at radius 2 is 1.85 bits per heavy atom. The average Bonchev–Trinajstić information content (AvgIpc) is 3.31. The molecule has 0 aliphatic carbocycles. The average molecular weight is 441 g/mol. The first kappa shape index (κ1) is 18.9. The summed E-state index contributed by atoms with van der Waals surface area (Å²) in [5.74, 6) is 1.64. The molecule has 5 aromatic rings. The van der Waals surface area contributed by atoms with E-state index in [1.807, 2.05) is 18.2 Å². The topological polar surface area (TPSA) is 126 Å². The van der Waals surface area contributed by atoms with Crippen molar-refractivity contribution in [1.29, 1.82) is 0 Å². The number of carbonyl (C=O) groups is 1. The van der Waals surface area contributed by atoms with Crippen molar-refractivity contribution < 1.29 is 14.3 Å². The molecule has 1 aliphatic heterocycles. The minimum Gasteiger partial charge on any atom is -0.486 e. The highest BCUT2D eigenvalue weighted by atomic mass is 16.6. The SMILES string of the molecule is O=C(Nn1ccc2c(cnc3nc(-c4ccc5c(c4)OCCO5)nn32)c1=O)c1ccncc1. The van der Waals surface area contributed by atoms with Gasteiger partial charge in [-0.15, -0.1) is 5.10 Å². The van der Waals surface area contributed by atoms with Crippen LogP contribution in [0.2, 0.25) is 0 Å². The predicted molar refractivity (Wildman–Crippen MR) is 117 cm³/mol. The first-order valence-corrected chi connectivity index (χ1v) is 10.1. The number of amides is 1. The molecule has 0 spiro atoms. The summed E-state index contributed by atoms with van der Waals surface area (Å²) in [5, 5.41) is 4.82. The zero-order valence-corrected chi connectivity index (χ0v) is 17.0. The van der Waals surface area contributed by atoms with Crippen LogP contribution in [0.15, 0.2) is 66.0 Å². The fourth-order valence-electron chi connectivity index (χ4n) is 3.59. The molecule has 33 heavy (non-hydrogen) atoms. The Morgan fingerprint density at radius 3 is 2.70 bits per heavy atom. The molecule has 162 valence electrons. The maximum atomic E-state index is 13.0. The lowest BCUT2D eigenvalue weighted by atomic mass is 10.2. The molecule has 0 bridgehead atoms. The summed E-state index contributed by atoms with van der Waals surface area (Å²) in [6.07, 6.45) is 5.89. The van der Waals surface area contributed by atoms with Crippen molar-refractivity contribution in [2.75, 3.05) is 18.6 Å². The molecule has 11 nitrogen and oxygen atoms in total. The van der Waals surface area contributed by atoms with Gasteiger partial charge in [-0.25, -0.2) is 9.66 Å². The number of rotatable bonds is 3. The number of ether oxygens (including phenoxy) is 2. The smallest absolute Gasteiger partial charge is 0.280 e. The van der Waals surface area contributed by atoms with Gasteiger partial charge in [0.1, 0.15) is 13.2 Å². The first-order chi connectivity index (χ1) is 16.2. The molecule has 0 atom stereocenters. The maximum Gasteiger partial charge on any atom is 0.280 e. The number of hydrogen-bond acceptors (Lipinski definition) is 8. The van der Waals surface area contributed by atoms with Crippen LogP contribution in [-0.4, -0.2) is 48.4 Å². The van der Waals surface area contributed by atoms with Crippen molar-refractivity contribution in [3.63, 3.8) is 0 Å². The number of pyridine rings is 2. The van der Waals surface area contributed by atoms with E-state index in [0.29, 0.717) is 47.4 Å². The van der Waals surface area contributed by atoms with Crippen LogP contribution in [0.5, 0.6) is 11.5 Å². The van der Waals surface area contributed by atoms with Crippen LogP contribution >= 0.6 is 0 Å². The second-order valence-electron chi connectivity index (χ2n) is 7.23. The van der Waals surface area contributed by atoms with Crippen LogP contribution in [0.3, 0.4) is 0 Å². The maximum absolute atomic E-state index is 13.0. The Morgan fingerprint density at radius 1 is 1.03 bits per heavy atom. The van der Waals surface area contributed by atoms with E-state index in [9.17, 15) is 9.59 Å². The van der Waals surface area contributed by atoms with E-state index in [0.717, 1.165) is 10.2 Å². The number of fused-ring (bicyclic) bond motifs is 4. The normalized spacial score (nSPS) is 12.7. The van der Waals surface area contributed by atoms with E-state index in [1.54, 1.807) is 18.2 Å². The molecule has 6 rings (SSSR count). The van der Waals surface area contributed by atoms with Gasteiger partial charge in [0, 0.05) is 35.9 Å². The third-order valence-electron chi connectivity index (χ3n) is 5.20. The van der Waals surface area contributed by atoms with Gasteiger partial charge in [0.15, 0.2) is 17.3 Å². The van der Waals surface area contributed by atoms with E-state index in [2.05, 4.69) is 25.5 Å². The minimum atomic E-state index is -0.444. The van der Waals surface area contributed by atoms with Crippen LogP contribution in [0.4, 0.5) is 0 Å². The molecule has 4 aromatic heterocycles. The lowest BCUT2D eigenvalue weighted by molar-refractivity contribution is 0.101. The molecular formula is C22H15N7O4. The second kappa shape index (κ2) is 7.41. The van der Waals surface area contributed by atoms with Crippen LogP contribution in [0, 0.1) is 0 Å². The molecule has 0 radical (unpaired) electrons. The second-order valence-corrected chi connectivity index (χ2v) is 7.23. The van der Waals surface area contributed by atoms with E-state index < -0.39 is 11.5 Å². The molecule has 0 saturated carbocycles. The van der Waals surface area contributed by atoms with Crippen LogP contribution in [0.1, 0.15) is 10.4 Å². The Labute approximate surface area is 185 Å². The summed E-state index contributed by atoms with van der Waals surface area (Å²) in [7, 11) is 0. The molecule has 0 unspecified atom stereocenters. The van der Waals surface area contributed by atoms with Gasteiger partial charge >= 0.3 is 0 Å². The quantitative estimate of drug-likeness (QED) is 0.448. The Balaban J connectivity index is 1.39. The number of aromatic nitrogens is 6. The zero-order chi connectivity index (χ0) is 22.4. The van der Waals surface area contributed by atoms with Crippen LogP contribution in [-0.2, 0) is 0 Å². The molecular weight excluding hydrogens is 426 g/mol. The molecule has 0 saturated heterocycles. The Kier molecular flexibility index (Phi) is 4.25. The van der Waals surface area contributed by atoms with Gasteiger partial charge in [-0.05, 0) is 36.4 Å². The minimum absolute atomic E-state index is 0.277. The fraction of sp³-hybridized carbons (Fsp3) is 0.0909. The zero-order valence-electron chi connectivity index (χ0n) is 17.0. The van der Waals surface area contributed by atoms with Crippen molar-refractivity contribution in [1.82, 2.24) is 29.2 Å². The standard InChI is InChI=1S/C22H15N7O4/c30-20(13-3-6-23-7-4-13)27-28-8-5-16-15(21(28)31)12-24-22-25-19(26-29(16)22)14-1-2-17-18(11-14)33-10-9-32-17/h1-8,11-12H,9-10H2,(H,27,30). The third-order valence-corrected chi connectivity index (χ3v) is 5.20. The summed E-state index contributed by atoms with van der Waals surface area (Å²) >= 11 is 0. The van der Waals surface area contributed by atoms with Gasteiger partial charge in [-0.3, -0.25) is 20.0 Å². The van der Waals surface area contributed by atoms with Crippen LogP contribution in [0.25, 0.3) is 28.1 Å². The van der Waals surface area contributed by atoms with Gasteiger partial charge in [-0.1, -0.05) is 0 Å². The monoisotopic (exact) mass is 441 g/mol. The third kappa shape index (κ3) is 3.22. The van der Waals surface area contributed by atoms with E-state index in [-0.39, 0.29) is 5.39 Å². The highest BCUT2D eigenvalue weighted by Crippen LogP contribution is 2.33. The lowest BCUT2D eigenvalue weighted by Gasteiger charge is -2.18. The van der Waals surface area contributed by atoms with Gasteiger partial charge in [0.05, 0.1) is 10.9 Å². The number of nitrogens with one attached hydrogen (secondary N) is 1. The molecule has 1 aromatic carbocycles. The number of hydrogen-bond donors (Lipinski definition) is 1. The van der Waals surface area contributed by atoms with Gasteiger partial charge in [0.25, 0.3) is 17.2 Å². The predicted octanol–water partition coefficient (Wildman–Crippen LogP) is 1.66. The van der Waals surface area contributed by atoms with Gasteiger partial charge in [-0.2, -0.15) is 9.50 Å². The highest BCUT2D eigenvalue weighted by molar-refractivity contribution is 5.99. The number of nitrogens with zero attached hydrogens (tertiary/aromatic N) is 6. The van der Waals surface area contributed by atoms with Gasteiger partial charge in [0.2, 0.25) is 0 Å². The molecule has 0 fully saturated rings. The Hall–Kier alpha value is -4.80. The van der Waals surface area contributed by atoms with Crippen LogP contribution < -0.4 is 20.5 Å².